The van der Waals surface area contributed by atoms with Gasteiger partial charge in [0.05, 0.1) is 0 Å². The zero-order valence-electron chi connectivity index (χ0n) is 8.65. The second-order valence-corrected chi connectivity index (χ2v) is 7.05. The van der Waals surface area contributed by atoms with E-state index >= 15 is 0 Å². The standard InChI is InChI=1S/C10H22ClP/c1-4-5-6-8-12(11)9-7-10(2)3/h10H,4-9H2,1-3H3. The van der Waals surface area contributed by atoms with Crippen LogP contribution in [0.1, 0.15) is 46.5 Å². The third kappa shape index (κ3) is 8.81. The first-order chi connectivity index (χ1) is 5.66. The van der Waals surface area contributed by atoms with Crippen LogP contribution in [0, 0.1) is 5.92 Å². The highest BCUT2D eigenvalue weighted by molar-refractivity contribution is 7.83. The van der Waals surface area contributed by atoms with E-state index < -0.39 is 0 Å². The molecule has 0 fully saturated rings. The van der Waals surface area contributed by atoms with E-state index in [0.29, 0.717) is 0 Å². The minimum atomic E-state index is -0.152. The summed E-state index contributed by atoms with van der Waals surface area (Å²) in [6.45, 7) is 6.78. The van der Waals surface area contributed by atoms with Crippen LogP contribution >= 0.6 is 18.5 Å². The molecule has 0 heterocycles. The maximum atomic E-state index is 6.23. The molecule has 0 saturated heterocycles. The van der Waals surface area contributed by atoms with Crippen molar-refractivity contribution in [2.24, 2.45) is 5.92 Å². The Balaban J connectivity index is 3.15. The fourth-order valence-corrected chi connectivity index (χ4v) is 3.28. The molecule has 2 heteroatoms. The fraction of sp³-hybridized carbons (Fsp3) is 1.00. The average Bonchev–Trinajstić information content (AvgIpc) is 2.01. The first-order valence-electron chi connectivity index (χ1n) is 5.07. The zero-order valence-corrected chi connectivity index (χ0v) is 10.3. The summed E-state index contributed by atoms with van der Waals surface area (Å²) in [4.78, 5) is 0. The molecular formula is C10H22ClP. The smallest absolute Gasteiger partial charge is 0.00972 e. The van der Waals surface area contributed by atoms with Gasteiger partial charge in [0.15, 0.2) is 0 Å². The van der Waals surface area contributed by atoms with Gasteiger partial charge in [-0.15, -0.1) is 0 Å². The first-order valence-corrected chi connectivity index (χ1v) is 7.69. The maximum absolute atomic E-state index is 6.23. The van der Waals surface area contributed by atoms with Crippen LogP contribution in [0.4, 0.5) is 0 Å². The van der Waals surface area contributed by atoms with E-state index in [1.165, 1.54) is 38.0 Å². The van der Waals surface area contributed by atoms with Crippen molar-refractivity contribution in [3.05, 3.63) is 0 Å². The van der Waals surface area contributed by atoms with Gasteiger partial charge in [0, 0.05) is 0 Å². The van der Waals surface area contributed by atoms with Gasteiger partial charge < -0.3 is 0 Å². The quantitative estimate of drug-likeness (QED) is 0.414. The van der Waals surface area contributed by atoms with Crippen molar-refractivity contribution in [1.82, 2.24) is 0 Å². The molecule has 1 atom stereocenters. The van der Waals surface area contributed by atoms with Crippen LogP contribution in [-0.2, 0) is 0 Å². The highest BCUT2D eigenvalue weighted by Crippen LogP contribution is 2.43. The van der Waals surface area contributed by atoms with Gasteiger partial charge in [-0.2, -0.15) is 0 Å². The monoisotopic (exact) mass is 208 g/mol. The zero-order chi connectivity index (χ0) is 9.40. The summed E-state index contributed by atoms with van der Waals surface area (Å²) in [7, 11) is -0.152. The molecule has 0 aromatic heterocycles. The Hall–Kier alpha value is 0.720. The highest BCUT2D eigenvalue weighted by atomic mass is 35.7. The summed E-state index contributed by atoms with van der Waals surface area (Å²) < 4.78 is 0. The predicted molar refractivity (Wildman–Crippen MR) is 61.5 cm³/mol. The number of halogens is 1. The van der Waals surface area contributed by atoms with Gasteiger partial charge >= 0.3 is 0 Å². The van der Waals surface area contributed by atoms with Crippen LogP contribution in [-0.4, -0.2) is 12.3 Å². The molecule has 0 spiro atoms. The second kappa shape index (κ2) is 8.32. The molecule has 74 valence electrons. The van der Waals surface area contributed by atoms with Crippen molar-refractivity contribution in [3.63, 3.8) is 0 Å². The second-order valence-electron chi connectivity index (χ2n) is 3.80. The molecular weight excluding hydrogens is 187 g/mol. The summed E-state index contributed by atoms with van der Waals surface area (Å²) in [6.07, 6.45) is 7.85. The van der Waals surface area contributed by atoms with E-state index in [1.54, 1.807) is 0 Å². The molecule has 0 radical (unpaired) electrons. The molecule has 12 heavy (non-hydrogen) atoms. The maximum Gasteiger partial charge on any atom is -0.00972 e. The van der Waals surface area contributed by atoms with Gasteiger partial charge in [0.2, 0.25) is 0 Å². The molecule has 1 unspecified atom stereocenters. The Morgan fingerprint density at radius 1 is 1.17 bits per heavy atom. The summed E-state index contributed by atoms with van der Waals surface area (Å²) in [5.41, 5.74) is 0. The van der Waals surface area contributed by atoms with Crippen LogP contribution in [0.15, 0.2) is 0 Å². The normalized spacial score (nSPS) is 13.8. The van der Waals surface area contributed by atoms with Gasteiger partial charge in [-0.05, 0) is 38.4 Å². The summed E-state index contributed by atoms with van der Waals surface area (Å²) in [5, 5.41) is 0. The molecule has 0 aromatic rings. The number of hydrogen-bond acceptors (Lipinski definition) is 0. The lowest BCUT2D eigenvalue weighted by Crippen LogP contribution is -1.92. The minimum Gasteiger partial charge on any atom is -0.0964 e. The molecule has 0 amide bonds. The van der Waals surface area contributed by atoms with Crippen molar-refractivity contribution < 1.29 is 0 Å². The van der Waals surface area contributed by atoms with E-state index in [-0.39, 0.29) is 7.27 Å². The SMILES string of the molecule is CCCCCP(Cl)CCC(C)C. The van der Waals surface area contributed by atoms with E-state index in [0.717, 1.165) is 5.92 Å². The van der Waals surface area contributed by atoms with E-state index in [1.807, 2.05) is 0 Å². The molecule has 0 aliphatic heterocycles. The lowest BCUT2D eigenvalue weighted by molar-refractivity contribution is 0.630. The topological polar surface area (TPSA) is 0 Å². The Kier molecular flexibility index (Phi) is 8.82. The van der Waals surface area contributed by atoms with Crippen molar-refractivity contribution in [2.75, 3.05) is 12.3 Å². The summed E-state index contributed by atoms with van der Waals surface area (Å²) in [6, 6.07) is 0. The lowest BCUT2D eigenvalue weighted by Gasteiger charge is -2.10. The fourth-order valence-electron chi connectivity index (χ4n) is 1.04. The molecule has 0 aromatic carbocycles. The Labute approximate surface area is 83.6 Å². The molecule has 0 aliphatic rings. The van der Waals surface area contributed by atoms with Gasteiger partial charge in [-0.3, -0.25) is 0 Å². The largest absolute Gasteiger partial charge is 0.0964 e. The van der Waals surface area contributed by atoms with Crippen LogP contribution in [0.3, 0.4) is 0 Å². The third-order valence-electron chi connectivity index (χ3n) is 1.95. The number of unbranched alkanes of at least 4 members (excludes halogenated alkanes) is 2. The van der Waals surface area contributed by atoms with E-state index in [2.05, 4.69) is 20.8 Å². The molecule has 0 bridgehead atoms. The molecule has 0 saturated carbocycles. The highest BCUT2D eigenvalue weighted by Gasteiger charge is 2.04. The van der Waals surface area contributed by atoms with E-state index in [9.17, 15) is 0 Å². The Morgan fingerprint density at radius 2 is 1.83 bits per heavy atom. The predicted octanol–water partition coefficient (Wildman–Crippen LogP) is 4.86. The Morgan fingerprint density at radius 3 is 2.33 bits per heavy atom. The Bertz CT molecular complexity index is 93.8. The minimum absolute atomic E-state index is 0.152. The van der Waals surface area contributed by atoms with Crippen LogP contribution in [0.25, 0.3) is 0 Å². The van der Waals surface area contributed by atoms with Crippen molar-refractivity contribution >= 4 is 18.5 Å². The number of rotatable bonds is 7. The van der Waals surface area contributed by atoms with E-state index in [4.69, 9.17) is 11.2 Å². The number of hydrogen-bond donors (Lipinski definition) is 0. The van der Waals surface area contributed by atoms with Crippen molar-refractivity contribution in [2.45, 2.75) is 46.5 Å². The third-order valence-corrected chi connectivity index (χ3v) is 4.51. The van der Waals surface area contributed by atoms with Crippen molar-refractivity contribution in [3.8, 4) is 0 Å². The summed E-state index contributed by atoms with van der Waals surface area (Å²) >= 11 is 6.23. The molecule has 0 aliphatic carbocycles. The van der Waals surface area contributed by atoms with Gasteiger partial charge in [-0.25, -0.2) is 0 Å². The first kappa shape index (κ1) is 12.7. The van der Waals surface area contributed by atoms with Crippen LogP contribution < -0.4 is 0 Å². The molecule has 0 N–H and O–H groups in total. The van der Waals surface area contributed by atoms with Gasteiger partial charge in [0.25, 0.3) is 0 Å². The van der Waals surface area contributed by atoms with Crippen molar-refractivity contribution in [1.29, 1.82) is 0 Å². The molecule has 0 nitrogen and oxygen atoms in total. The van der Waals surface area contributed by atoms with Gasteiger partial charge in [-0.1, -0.05) is 44.9 Å². The van der Waals surface area contributed by atoms with Crippen LogP contribution in [0.2, 0.25) is 0 Å². The average molecular weight is 209 g/mol. The summed E-state index contributed by atoms with van der Waals surface area (Å²) in [5.74, 6) is 0.819. The lowest BCUT2D eigenvalue weighted by atomic mass is 10.2. The van der Waals surface area contributed by atoms with Gasteiger partial charge in [0.1, 0.15) is 0 Å². The van der Waals surface area contributed by atoms with Crippen LogP contribution in [0.5, 0.6) is 0 Å². The molecule has 0 rings (SSSR count).